The van der Waals surface area contributed by atoms with Crippen LogP contribution in [0.2, 0.25) is 0 Å². The predicted octanol–water partition coefficient (Wildman–Crippen LogP) is 5.44. The van der Waals surface area contributed by atoms with Crippen LogP contribution in [0.3, 0.4) is 0 Å². The zero-order chi connectivity index (χ0) is 19.9. The molecule has 1 aromatic carbocycles. The van der Waals surface area contributed by atoms with E-state index in [1.165, 1.54) is 0 Å². The molecule has 3 heterocycles. The fourth-order valence-electron chi connectivity index (χ4n) is 3.46. The molecule has 0 radical (unpaired) electrons. The second-order valence-electron chi connectivity index (χ2n) is 8.31. The van der Waals surface area contributed by atoms with Gasteiger partial charge in [-0.1, -0.05) is 43.8 Å². The Bertz CT molecular complexity index is 1050. The molecule has 0 N–H and O–H groups in total. The van der Waals surface area contributed by atoms with E-state index in [2.05, 4.69) is 27.7 Å². The van der Waals surface area contributed by atoms with Crippen molar-refractivity contribution in [1.82, 2.24) is 9.55 Å². The number of nitrogens with zero attached hydrogens (tertiary/aromatic N) is 2. The molecular weight excluding hydrogens is 388 g/mol. The molecule has 0 amide bonds. The van der Waals surface area contributed by atoms with E-state index in [1.807, 2.05) is 30.3 Å². The number of hydrogen-bond donors (Lipinski definition) is 0. The van der Waals surface area contributed by atoms with Crippen molar-refractivity contribution in [3.05, 3.63) is 51.1 Å². The standard InChI is InChI=1S/C22H26N2O2S2/c1-14(2)10-11-27-21-23-19-18(16-12-22(3,4)26-13-17(16)28-19)20(25)24(21)15-8-6-5-7-9-15/h5-9,14H,10-13H2,1-4H3. The second-order valence-corrected chi connectivity index (χ2v) is 10.5. The molecule has 0 atom stereocenters. The molecule has 2 aromatic heterocycles. The molecule has 1 aliphatic rings. The van der Waals surface area contributed by atoms with E-state index >= 15 is 0 Å². The summed E-state index contributed by atoms with van der Waals surface area (Å²) >= 11 is 3.28. The highest BCUT2D eigenvalue weighted by molar-refractivity contribution is 7.99. The summed E-state index contributed by atoms with van der Waals surface area (Å²) in [6.45, 7) is 9.16. The van der Waals surface area contributed by atoms with Gasteiger partial charge >= 0.3 is 0 Å². The van der Waals surface area contributed by atoms with Gasteiger partial charge in [0.1, 0.15) is 4.83 Å². The van der Waals surface area contributed by atoms with Gasteiger partial charge in [0.2, 0.25) is 0 Å². The first-order valence-corrected chi connectivity index (χ1v) is 11.6. The molecule has 0 saturated carbocycles. The lowest BCUT2D eigenvalue weighted by molar-refractivity contribution is -0.0379. The van der Waals surface area contributed by atoms with Gasteiger partial charge in [0.15, 0.2) is 5.16 Å². The van der Waals surface area contributed by atoms with E-state index in [9.17, 15) is 4.79 Å². The maximum Gasteiger partial charge on any atom is 0.267 e. The molecule has 3 aromatic rings. The van der Waals surface area contributed by atoms with Crippen molar-refractivity contribution in [2.75, 3.05) is 5.75 Å². The predicted molar refractivity (Wildman–Crippen MR) is 118 cm³/mol. The van der Waals surface area contributed by atoms with Gasteiger partial charge in [-0.15, -0.1) is 11.3 Å². The van der Waals surface area contributed by atoms with Crippen LogP contribution in [0.1, 0.15) is 44.6 Å². The number of fused-ring (bicyclic) bond motifs is 3. The normalized spacial score (nSPS) is 15.9. The molecule has 0 aliphatic carbocycles. The Hall–Kier alpha value is -1.63. The smallest absolute Gasteiger partial charge is 0.267 e. The number of ether oxygens (including phenoxy) is 1. The highest BCUT2D eigenvalue weighted by atomic mass is 32.2. The first-order chi connectivity index (χ1) is 13.4. The van der Waals surface area contributed by atoms with Crippen molar-refractivity contribution < 1.29 is 4.74 Å². The average Bonchev–Trinajstić information content (AvgIpc) is 2.99. The number of benzene rings is 1. The average molecular weight is 415 g/mol. The fourth-order valence-corrected chi connectivity index (χ4v) is 5.86. The molecule has 0 spiro atoms. The second kappa shape index (κ2) is 7.65. The van der Waals surface area contributed by atoms with Gasteiger partial charge < -0.3 is 4.74 Å². The Labute approximate surface area is 174 Å². The summed E-state index contributed by atoms with van der Waals surface area (Å²) in [6.07, 6.45) is 1.84. The Morgan fingerprint density at radius 1 is 1.29 bits per heavy atom. The lowest BCUT2D eigenvalue weighted by Gasteiger charge is -2.29. The van der Waals surface area contributed by atoms with E-state index in [-0.39, 0.29) is 11.2 Å². The summed E-state index contributed by atoms with van der Waals surface area (Å²) in [4.78, 5) is 20.6. The molecule has 0 bridgehead atoms. The van der Waals surface area contributed by atoms with E-state index in [1.54, 1.807) is 27.7 Å². The van der Waals surface area contributed by atoms with E-state index < -0.39 is 0 Å². The number of para-hydroxylation sites is 1. The summed E-state index contributed by atoms with van der Waals surface area (Å²) in [5, 5.41) is 1.55. The maximum atomic E-state index is 13.7. The van der Waals surface area contributed by atoms with Crippen LogP contribution in [0.4, 0.5) is 0 Å². The summed E-state index contributed by atoms with van der Waals surface area (Å²) < 4.78 is 7.76. The Kier molecular flexibility index (Phi) is 5.38. The Morgan fingerprint density at radius 2 is 2.04 bits per heavy atom. The van der Waals surface area contributed by atoms with Crippen LogP contribution in [0, 0.1) is 5.92 Å². The topological polar surface area (TPSA) is 44.1 Å². The first-order valence-electron chi connectivity index (χ1n) is 9.75. The molecule has 28 heavy (non-hydrogen) atoms. The van der Waals surface area contributed by atoms with Crippen LogP contribution >= 0.6 is 23.1 Å². The third kappa shape index (κ3) is 3.78. The van der Waals surface area contributed by atoms with Gasteiger partial charge in [0, 0.05) is 17.1 Å². The van der Waals surface area contributed by atoms with Gasteiger partial charge in [-0.2, -0.15) is 0 Å². The fraction of sp³-hybridized carbons (Fsp3) is 0.455. The summed E-state index contributed by atoms with van der Waals surface area (Å²) in [7, 11) is 0. The monoisotopic (exact) mass is 414 g/mol. The van der Waals surface area contributed by atoms with Crippen molar-refractivity contribution in [1.29, 1.82) is 0 Å². The number of rotatable bonds is 5. The van der Waals surface area contributed by atoms with Crippen LogP contribution < -0.4 is 5.56 Å². The zero-order valence-corrected chi connectivity index (χ0v) is 18.5. The molecule has 6 heteroatoms. The van der Waals surface area contributed by atoms with Crippen LogP contribution in [-0.2, 0) is 17.8 Å². The van der Waals surface area contributed by atoms with Crippen LogP contribution in [0.15, 0.2) is 40.3 Å². The Balaban J connectivity index is 1.90. The van der Waals surface area contributed by atoms with Crippen molar-refractivity contribution >= 4 is 33.3 Å². The quantitative estimate of drug-likeness (QED) is 0.412. The van der Waals surface area contributed by atoms with Gasteiger partial charge in [0.05, 0.1) is 23.3 Å². The summed E-state index contributed by atoms with van der Waals surface area (Å²) in [5.74, 6) is 1.57. The van der Waals surface area contributed by atoms with Crippen molar-refractivity contribution in [2.45, 2.75) is 57.9 Å². The minimum atomic E-state index is -0.254. The third-order valence-corrected chi connectivity index (χ3v) is 7.09. The highest BCUT2D eigenvalue weighted by Gasteiger charge is 2.31. The number of hydrogen-bond acceptors (Lipinski definition) is 5. The van der Waals surface area contributed by atoms with Crippen molar-refractivity contribution in [3.8, 4) is 5.69 Å². The van der Waals surface area contributed by atoms with Crippen molar-refractivity contribution in [3.63, 3.8) is 0 Å². The maximum absolute atomic E-state index is 13.7. The molecule has 4 nitrogen and oxygen atoms in total. The van der Waals surface area contributed by atoms with E-state index in [0.29, 0.717) is 12.5 Å². The molecule has 0 fully saturated rings. The van der Waals surface area contributed by atoms with E-state index in [4.69, 9.17) is 9.72 Å². The number of aromatic nitrogens is 2. The zero-order valence-electron chi connectivity index (χ0n) is 16.8. The molecule has 148 valence electrons. The van der Waals surface area contributed by atoms with Gasteiger partial charge in [-0.3, -0.25) is 9.36 Å². The first kappa shape index (κ1) is 19.7. The van der Waals surface area contributed by atoms with Crippen LogP contribution in [0.25, 0.3) is 15.9 Å². The third-order valence-electron chi connectivity index (χ3n) is 5.01. The van der Waals surface area contributed by atoms with Crippen LogP contribution in [0.5, 0.6) is 0 Å². The van der Waals surface area contributed by atoms with Gasteiger partial charge in [-0.25, -0.2) is 4.98 Å². The Morgan fingerprint density at radius 3 is 2.75 bits per heavy atom. The van der Waals surface area contributed by atoms with Gasteiger partial charge in [-0.05, 0) is 43.9 Å². The molecule has 0 saturated heterocycles. The summed E-state index contributed by atoms with van der Waals surface area (Å²) in [6, 6.07) is 9.86. The number of thiophene rings is 1. The minimum Gasteiger partial charge on any atom is -0.370 e. The SMILES string of the molecule is CC(C)CCSc1nc2sc3c(c2c(=O)n1-c1ccccc1)CC(C)(C)OC3. The molecule has 4 rings (SSSR count). The van der Waals surface area contributed by atoms with Crippen LogP contribution in [-0.4, -0.2) is 20.9 Å². The van der Waals surface area contributed by atoms with Crippen molar-refractivity contribution in [2.24, 2.45) is 5.92 Å². The molecular formula is C22H26N2O2S2. The highest BCUT2D eigenvalue weighted by Crippen LogP contribution is 2.38. The lowest BCUT2D eigenvalue weighted by Crippen LogP contribution is -2.32. The largest absolute Gasteiger partial charge is 0.370 e. The molecule has 1 aliphatic heterocycles. The minimum absolute atomic E-state index is 0.0402. The van der Waals surface area contributed by atoms with E-state index in [0.717, 1.165) is 50.1 Å². The lowest BCUT2D eigenvalue weighted by atomic mass is 9.94. The summed E-state index contributed by atoms with van der Waals surface area (Å²) in [5.41, 5.74) is 1.78. The number of thioether (sulfide) groups is 1. The molecule has 0 unspecified atom stereocenters. The van der Waals surface area contributed by atoms with Gasteiger partial charge in [0.25, 0.3) is 5.56 Å².